The van der Waals surface area contributed by atoms with E-state index >= 15 is 0 Å². The van der Waals surface area contributed by atoms with Crippen molar-refractivity contribution in [1.82, 2.24) is 10.4 Å². The quantitative estimate of drug-likeness (QED) is 0.748. The average Bonchev–Trinajstić information content (AvgIpc) is 2.57. The molecule has 0 radical (unpaired) electrons. The molecule has 3 nitrogen and oxygen atoms in total. The third kappa shape index (κ3) is 3.63. The van der Waals surface area contributed by atoms with Crippen LogP contribution in [0.1, 0.15) is 25.7 Å². The van der Waals surface area contributed by atoms with E-state index in [9.17, 15) is 0 Å². The number of anilines is 1. The number of thiol groups is 1. The zero-order valence-electron chi connectivity index (χ0n) is 10.3. The number of para-hydroxylation sites is 1. The fourth-order valence-electron chi connectivity index (χ4n) is 1.71. The first kappa shape index (κ1) is 12.7. The Kier molecular flexibility index (Phi) is 4.71. The number of rotatable bonds is 1. The van der Waals surface area contributed by atoms with Crippen molar-refractivity contribution in [2.75, 3.05) is 18.6 Å². The molecule has 17 heavy (non-hydrogen) atoms. The third-order valence-electron chi connectivity index (χ3n) is 3.08. The van der Waals surface area contributed by atoms with Gasteiger partial charge in [-0.15, -0.1) is 12.6 Å². The summed E-state index contributed by atoms with van der Waals surface area (Å²) in [7, 11) is 2.01. The van der Waals surface area contributed by atoms with Gasteiger partial charge in [0, 0.05) is 12.7 Å². The highest BCUT2D eigenvalue weighted by Gasteiger charge is 2.24. The molecule has 0 aromatic heterocycles. The second-order valence-corrected chi connectivity index (χ2v) is 5.05. The number of hydrogen-bond acceptors (Lipinski definition) is 4. The molecule has 2 fully saturated rings. The average molecular weight is 251 g/mol. The fourth-order valence-corrected chi connectivity index (χ4v) is 2.11. The van der Waals surface area contributed by atoms with Crippen molar-refractivity contribution in [2.24, 2.45) is 0 Å². The van der Waals surface area contributed by atoms with Gasteiger partial charge < -0.3 is 4.90 Å². The van der Waals surface area contributed by atoms with Crippen LogP contribution in [0.4, 0.5) is 5.69 Å². The topological polar surface area (TPSA) is 18.5 Å². The maximum absolute atomic E-state index is 4.43. The van der Waals surface area contributed by atoms with Crippen LogP contribution in [0.5, 0.6) is 0 Å². The SMILES string of the molecule is C1CCC1.CN1CN(c2ccccc2)C(S)N1. The minimum Gasteiger partial charge on any atom is -0.332 e. The van der Waals surface area contributed by atoms with Crippen LogP contribution in [0.15, 0.2) is 30.3 Å². The molecular weight excluding hydrogens is 230 g/mol. The molecule has 0 bridgehead atoms. The van der Waals surface area contributed by atoms with Crippen LogP contribution in [0, 0.1) is 0 Å². The predicted octanol–water partition coefficient (Wildman–Crippen LogP) is 2.67. The van der Waals surface area contributed by atoms with Gasteiger partial charge in [-0.2, -0.15) is 0 Å². The molecule has 1 unspecified atom stereocenters. The Hall–Kier alpha value is -0.710. The summed E-state index contributed by atoms with van der Waals surface area (Å²) in [6.45, 7) is 0.859. The number of nitrogens with zero attached hydrogens (tertiary/aromatic N) is 2. The lowest BCUT2D eigenvalue weighted by Gasteiger charge is -2.20. The molecular formula is C13H21N3S. The standard InChI is InChI=1S/C9H13N3S.C4H8/c1-11-7-12(9(13)10-11)8-5-3-2-4-6-8;1-2-4-3-1/h2-6,9-10,13H,7H2,1H3;1-4H2. The van der Waals surface area contributed by atoms with E-state index in [-0.39, 0.29) is 5.50 Å². The maximum atomic E-state index is 4.43. The smallest absolute Gasteiger partial charge is 0.139 e. The van der Waals surface area contributed by atoms with E-state index in [1.54, 1.807) is 0 Å². The van der Waals surface area contributed by atoms with Crippen LogP contribution in [0.25, 0.3) is 0 Å². The van der Waals surface area contributed by atoms with Crippen LogP contribution < -0.4 is 10.3 Å². The van der Waals surface area contributed by atoms with Crippen molar-refractivity contribution in [1.29, 1.82) is 0 Å². The second kappa shape index (κ2) is 6.28. The Bertz CT molecular complexity index is 323. The van der Waals surface area contributed by atoms with Crippen molar-refractivity contribution < 1.29 is 0 Å². The Morgan fingerprint density at radius 3 is 2.12 bits per heavy atom. The van der Waals surface area contributed by atoms with E-state index in [4.69, 9.17) is 0 Å². The molecule has 0 spiro atoms. The van der Waals surface area contributed by atoms with Crippen molar-refractivity contribution in [3.05, 3.63) is 30.3 Å². The van der Waals surface area contributed by atoms with Gasteiger partial charge in [-0.1, -0.05) is 43.9 Å². The van der Waals surface area contributed by atoms with Gasteiger partial charge in [0.2, 0.25) is 0 Å². The molecule has 3 rings (SSSR count). The summed E-state index contributed by atoms with van der Waals surface area (Å²) < 4.78 is 0. The van der Waals surface area contributed by atoms with E-state index < -0.39 is 0 Å². The summed E-state index contributed by atoms with van der Waals surface area (Å²) in [5.41, 5.74) is 4.46. The van der Waals surface area contributed by atoms with Gasteiger partial charge in [0.25, 0.3) is 0 Å². The van der Waals surface area contributed by atoms with Gasteiger partial charge in [-0.3, -0.25) is 0 Å². The molecule has 2 aliphatic rings. The van der Waals surface area contributed by atoms with Gasteiger partial charge in [0.1, 0.15) is 5.50 Å². The monoisotopic (exact) mass is 251 g/mol. The predicted molar refractivity (Wildman–Crippen MR) is 75.9 cm³/mol. The Labute approximate surface area is 109 Å². The molecule has 1 aromatic carbocycles. The summed E-state index contributed by atoms with van der Waals surface area (Å²) in [5.74, 6) is 0. The van der Waals surface area contributed by atoms with Crippen molar-refractivity contribution in [3.63, 3.8) is 0 Å². The van der Waals surface area contributed by atoms with Crippen LogP contribution in [0.3, 0.4) is 0 Å². The summed E-state index contributed by atoms with van der Waals surface area (Å²) in [6.07, 6.45) is 6.00. The van der Waals surface area contributed by atoms with Crippen molar-refractivity contribution in [2.45, 2.75) is 31.2 Å². The number of hydrogen-bond donors (Lipinski definition) is 2. The fraction of sp³-hybridized carbons (Fsp3) is 0.538. The highest BCUT2D eigenvalue weighted by molar-refractivity contribution is 7.81. The first-order chi connectivity index (χ1) is 8.27. The maximum Gasteiger partial charge on any atom is 0.139 e. The molecule has 1 aliphatic carbocycles. The molecule has 1 atom stereocenters. The largest absolute Gasteiger partial charge is 0.332 e. The summed E-state index contributed by atoms with van der Waals surface area (Å²) in [5, 5.41) is 2.02. The van der Waals surface area contributed by atoms with Gasteiger partial charge in [-0.05, 0) is 12.1 Å². The van der Waals surface area contributed by atoms with Crippen LogP contribution in [-0.4, -0.2) is 24.2 Å². The van der Waals surface area contributed by atoms with Gasteiger partial charge in [0.05, 0.1) is 6.67 Å². The van der Waals surface area contributed by atoms with Crippen molar-refractivity contribution >= 4 is 18.3 Å². The summed E-state index contributed by atoms with van der Waals surface area (Å²) >= 11 is 4.43. The first-order valence-corrected chi connectivity index (χ1v) is 6.76. The zero-order valence-corrected chi connectivity index (χ0v) is 11.2. The molecule has 0 amide bonds. The van der Waals surface area contributed by atoms with Crippen LogP contribution in [-0.2, 0) is 0 Å². The molecule has 1 saturated heterocycles. The number of benzene rings is 1. The highest BCUT2D eigenvalue weighted by atomic mass is 32.1. The zero-order chi connectivity index (χ0) is 12.1. The van der Waals surface area contributed by atoms with Crippen molar-refractivity contribution in [3.8, 4) is 0 Å². The molecule has 1 aliphatic heterocycles. The van der Waals surface area contributed by atoms with E-state index in [1.807, 2.05) is 30.3 Å². The van der Waals surface area contributed by atoms with Crippen LogP contribution in [0.2, 0.25) is 0 Å². The van der Waals surface area contributed by atoms with Crippen LogP contribution >= 0.6 is 12.6 Å². The summed E-state index contributed by atoms with van der Waals surface area (Å²) in [4.78, 5) is 2.18. The van der Waals surface area contributed by atoms with E-state index in [2.05, 4.69) is 35.1 Å². The van der Waals surface area contributed by atoms with E-state index in [0.29, 0.717) is 0 Å². The number of hydrazine groups is 1. The molecule has 4 heteroatoms. The Morgan fingerprint density at radius 1 is 1.12 bits per heavy atom. The lowest BCUT2D eigenvalue weighted by Crippen LogP contribution is -2.31. The Morgan fingerprint density at radius 2 is 1.71 bits per heavy atom. The summed E-state index contributed by atoms with van der Waals surface area (Å²) in [6, 6.07) is 10.3. The molecule has 1 N–H and O–H groups in total. The lowest BCUT2D eigenvalue weighted by atomic mass is 10.0. The van der Waals surface area contributed by atoms with Gasteiger partial charge >= 0.3 is 0 Å². The van der Waals surface area contributed by atoms with E-state index in [1.165, 1.54) is 31.4 Å². The molecule has 1 aromatic rings. The third-order valence-corrected chi connectivity index (χ3v) is 3.48. The van der Waals surface area contributed by atoms with Gasteiger partial charge in [-0.25, -0.2) is 10.4 Å². The highest BCUT2D eigenvalue weighted by Crippen LogP contribution is 2.20. The first-order valence-electron chi connectivity index (χ1n) is 6.24. The normalized spacial score (nSPS) is 23.9. The molecule has 94 valence electrons. The minimum absolute atomic E-state index is 0.0763. The molecule has 1 saturated carbocycles. The Balaban J connectivity index is 0.000000228. The molecule has 1 heterocycles. The van der Waals surface area contributed by atoms with Gasteiger partial charge in [0.15, 0.2) is 0 Å². The second-order valence-electron chi connectivity index (χ2n) is 4.56. The lowest BCUT2D eigenvalue weighted by molar-refractivity contribution is 0.311. The minimum atomic E-state index is 0.0763. The number of nitrogens with one attached hydrogen (secondary N) is 1. The van der Waals surface area contributed by atoms with E-state index in [0.717, 1.165) is 6.67 Å².